The van der Waals surface area contributed by atoms with Crippen molar-refractivity contribution in [2.45, 2.75) is 19.0 Å². The maximum atomic E-state index is 13.6. The molecule has 0 heterocycles. The smallest absolute Gasteiger partial charge is 0.348 e. The Balaban J connectivity index is 3.10. The maximum Gasteiger partial charge on any atom is 0.416 e. The second-order valence-corrected chi connectivity index (χ2v) is 4.05. The molecule has 0 aromatic heterocycles. The van der Waals surface area contributed by atoms with E-state index >= 15 is 0 Å². The largest absolute Gasteiger partial charge is 0.416 e. The molecule has 1 aromatic carbocycles. The molecule has 1 aromatic rings. The van der Waals surface area contributed by atoms with Gasteiger partial charge < -0.3 is 10.2 Å². The van der Waals surface area contributed by atoms with E-state index in [1.165, 1.54) is 0 Å². The molecule has 5 nitrogen and oxygen atoms in total. The van der Waals surface area contributed by atoms with E-state index in [0.29, 0.717) is 17.1 Å². The number of amides is 1. The molecule has 0 atom stereocenters. The molecule has 3 N–H and O–H groups in total. The van der Waals surface area contributed by atoms with Gasteiger partial charge in [0.15, 0.2) is 0 Å². The zero-order valence-corrected chi connectivity index (χ0v) is 10.5. The zero-order valence-electron chi connectivity index (χ0n) is 10.5. The van der Waals surface area contributed by atoms with Crippen molar-refractivity contribution in [2.24, 2.45) is 0 Å². The van der Waals surface area contributed by atoms with E-state index in [9.17, 15) is 32.6 Å². The standard InChI is InChI=1S/C11H12F4N2O3/c1-6(18)17(2)16-11(19,20)8-4-3-7(5-9(8)12)10(13,14)15/h3-5,16,19-20H,1-2H3. The average molecular weight is 296 g/mol. The highest BCUT2D eigenvalue weighted by atomic mass is 19.4. The Morgan fingerprint density at radius 3 is 2.25 bits per heavy atom. The third kappa shape index (κ3) is 3.65. The molecule has 0 saturated carbocycles. The summed E-state index contributed by atoms with van der Waals surface area (Å²) in [6.07, 6.45) is -4.75. The molecule has 1 amide bonds. The van der Waals surface area contributed by atoms with Gasteiger partial charge in [-0.1, -0.05) is 0 Å². The van der Waals surface area contributed by atoms with Crippen molar-refractivity contribution in [3.8, 4) is 0 Å². The molecule has 0 aliphatic heterocycles. The molecule has 9 heteroatoms. The van der Waals surface area contributed by atoms with E-state index in [1.807, 2.05) is 5.43 Å². The minimum atomic E-state index is -4.75. The Morgan fingerprint density at radius 2 is 1.85 bits per heavy atom. The number of carbonyl (C=O) groups is 1. The van der Waals surface area contributed by atoms with E-state index < -0.39 is 34.9 Å². The highest BCUT2D eigenvalue weighted by Crippen LogP contribution is 2.31. The van der Waals surface area contributed by atoms with Crippen molar-refractivity contribution >= 4 is 5.91 Å². The second kappa shape index (κ2) is 5.35. The van der Waals surface area contributed by atoms with Gasteiger partial charge >= 0.3 is 6.18 Å². The first-order chi connectivity index (χ1) is 8.95. The molecule has 0 unspecified atom stereocenters. The van der Waals surface area contributed by atoms with Gasteiger partial charge in [-0.15, -0.1) is 0 Å². The number of nitrogens with zero attached hydrogens (tertiary/aromatic N) is 1. The first-order valence-electron chi connectivity index (χ1n) is 5.29. The van der Waals surface area contributed by atoms with Crippen molar-refractivity contribution in [2.75, 3.05) is 7.05 Å². The Bertz CT molecular complexity index is 517. The van der Waals surface area contributed by atoms with Crippen LogP contribution in [0.4, 0.5) is 17.6 Å². The van der Waals surface area contributed by atoms with Gasteiger partial charge in [0.1, 0.15) is 5.82 Å². The SMILES string of the molecule is CC(=O)N(C)NC(O)(O)c1ccc(C(F)(F)F)cc1F. The summed E-state index contributed by atoms with van der Waals surface area (Å²) in [5.74, 6) is -5.13. The van der Waals surface area contributed by atoms with Crippen LogP contribution < -0.4 is 5.43 Å². The summed E-state index contributed by atoms with van der Waals surface area (Å²) in [5, 5.41) is 19.9. The molecule has 0 fully saturated rings. The molecule has 0 bridgehead atoms. The third-order valence-corrected chi connectivity index (χ3v) is 2.47. The Hall–Kier alpha value is -1.71. The number of hydrogen-bond acceptors (Lipinski definition) is 4. The number of benzene rings is 1. The molecule has 0 spiro atoms. The van der Waals surface area contributed by atoms with Gasteiger partial charge in [0.05, 0.1) is 11.1 Å². The van der Waals surface area contributed by atoms with Gasteiger partial charge in [0, 0.05) is 14.0 Å². The molecule has 20 heavy (non-hydrogen) atoms. The highest BCUT2D eigenvalue weighted by Gasteiger charge is 2.35. The first-order valence-corrected chi connectivity index (χ1v) is 5.29. The molecule has 0 aliphatic rings. The summed E-state index contributed by atoms with van der Waals surface area (Å²) >= 11 is 0. The summed E-state index contributed by atoms with van der Waals surface area (Å²) in [6, 6.07) is 1.19. The van der Waals surface area contributed by atoms with E-state index in [4.69, 9.17) is 0 Å². The van der Waals surface area contributed by atoms with E-state index in [1.54, 1.807) is 0 Å². The van der Waals surface area contributed by atoms with Gasteiger partial charge in [0.2, 0.25) is 5.91 Å². The first kappa shape index (κ1) is 16.3. The fraction of sp³-hybridized carbons (Fsp3) is 0.364. The summed E-state index contributed by atoms with van der Waals surface area (Å²) < 4.78 is 50.6. The Labute approximate surface area is 111 Å². The molecular weight excluding hydrogens is 284 g/mol. The van der Waals surface area contributed by atoms with Crippen molar-refractivity contribution in [3.05, 3.63) is 35.1 Å². The van der Waals surface area contributed by atoms with Crippen molar-refractivity contribution in [1.29, 1.82) is 0 Å². The fourth-order valence-electron chi connectivity index (χ4n) is 1.35. The number of aliphatic hydroxyl groups is 2. The van der Waals surface area contributed by atoms with Crippen molar-refractivity contribution in [1.82, 2.24) is 10.4 Å². The lowest BCUT2D eigenvalue weighted by atomic mass is 10.1. The number of nitrogens with one attached hydrogen (secondary N) is 1. The monoisotopic (exact) mass is 296 g/mol. The van der Waals surface area contributed by atoms with Crippen LogP contribution in [0, 0.1) is 5.82 Å². The number of hydrogen-bond donors (Lipinski definition) is 3. The lowest BCUT2D eigenvalue weighted by Crippen LogP contribution is -2.52. The summed E-state index contributed by atoms with van der Waals surface area (Å²) in [4.78, 5) is 10.9. The molecule has 0 saturated heterocycles. The van der Waals surface area contributed by atoms with Crippen LogP contribution in [0.1, 0.15) is 18.1 Å². The minimum Gasteiger partial charge on any atom is -0.348 e. The van der Waals surface area contributed by atoms with Crippen LogP contribution in [0.3, 0.4) is 0 Å². The van der Waals surface area contributed by atoms with Crippen LogP contribution in [0.2, 0.25) is 0 Å². The topological polar surface area (TPSA) is 72.8 Å². The van der Waals surface area contributed by atoms with Crippen LogP contribution in [0.5, 0.6) is 0 Å². The molecule has 0 radical (unpaired) electrons. The number of hydrazine groups is 1. The molecule has 1 rings (SSSR count). The van der Waals surface area contributed by atoms with Crippen LogP contribution in [0.25, 0.3) is 0 Å². The molecular formula is C11H12F4N2O3. The predicted molar refractivity (Wildman–Crippen MR) is 59.1 cm³/mol. The highest BCUT2D eigenvalue weighted by molar-refractivity contribution is 5.72. The van der Waals surface area contributed by atoms with Gasteiger partial charge in [-0.3, -0.25) is 9.80 Å². The molecule has 112 valence electrons. The Morgan fingerprint density at radius 1 is 1.30 bits per heavy atom. The number of rotatable bonds is 3. The summed E-state index contributed by atoms with van der Waals surface area (Å²) in [5.41, 5.74) is -0.273. The van der Waals surface area contributed by atoms with Gasteiger partial charge in [-0.05, 0) is 18.2 Å². The number of carbonyl (C=O) groups excluding carboxylic acids is 1. The summed E-state index contributed by atoms with van der Waals surface area (Å²) in [7, 11) is 1.13. The van der Waals surface area contributed by atoms with Gasteiger partial charge in [-0.25, -0.2) is 4.39 Å². The van der Waals surface area contributed by atoms with E-state index in [2.05, 4.69) is 0 Å². The van der Waals surface area contributed by atoms with Crippen LogP contribution in [-0.2, 0) is 16.9 Å². The Kier molecular flexibility index (Phi) is 4.37. The zero-order chi connectivity index (χ0) is 15.7. The number of halogens is 4. The average Bonchev–Trinajstić information content (AvgIpc) is 2.26. The maximum absolute atomic E-state index is 13.6. The molecule has 0 aliphatic carbocycles. The lowest BCUT2D eigenvalue weighted by Gasteiger charge is -2.29. The van der Waals surface area contributed by atoms with Crippen LogP contribution in [-0.4, -0.2) is 28.2 Å². The predicted octanol–water partition coefficient (Wildman–Crippen LogP) is 0.922. The van der Waals surface area contributed by atoms with Crippen LogP contribution >= 0.6 is 0 Å². The van der Waals surface area contributed by atoms with E-state index in [0.717, 1.165) is 14.0 Å². The number of alkyl halides is 3. The fourth-order valence-corrected chi connectivity index (χ4v) is 1.35. The second-order valence-electron chi connectivity index (χ2n) is 4.05. The normalized spacial score (nSPS) is 12.4. The van der Waals surface area contributed by atoms with Crippen LogP contribution in [0.15, 0.2) is 18.2 Å². The summed E-state index contributed by atoms with van der Waals surface area (Å²) in [6.45, 7) is 1.09. The van der Waals surface area contributed by atoms with Gasteiger partial charge in [-0.2, -0.15) is 18.6 Å². The minimum absolute atomic E-state index is 0.131. The van der Waals surface area contributed by atoms with Gasteiger partial charge in [0.25, 0.3) is 5.91 Å². The van der Waals surface area contributed by atoms with E-state index in [-0.39, 0.29) is 6.07 Å². The lowest BCUT2D eigenvalue weighted by molar-refractivity contribution is -0.228. The van der Waals surface area contributed by atoms with Crippen molar-refractivity contribution < 1.29 is 32.6 Å². The quantitative estimate of drug-likeness (QED) is 0.441. The third-order valence-electron chi connectivity index (χ3n) is 2.47. The van der Waals surface area contributed by atoms with Crippen molar-refractivity contribution in [3.63, 3.8) is 0 Å².